The predicted octanol–water partition coefficient (Wildman–Crippen LogP) is 2.07. The highest BCUT2D eigenvalue weighted by Gasteiger charge is 2.50. The summed E-state index contributed by atoms with van der Waals surface area (Å²) in [5, 5.41) is 6.31. The SMILES string of the molecule is Cc1ccc(NC(=O)[C@@H]2C(=O)N(c3ccc(C)c(C)c3)C(=O)/C2=N\NC(N)=O)cc1C. The first-order chi connectivity index (χ1) is 14.6. The van der Waals surface area contributed by atoms with Gasteiger partial charge in [-0.3, -0.25) is 14.4 Å². The molecule has 4 N–H and O–H groups in total. The number of nitrogens with two attached hydrogens (primary N) is 1. The summed E-state index contributed by atoms with van der Waals surface area (Å²) >= 11 is 0. The monoisotopic (exact) mass is 421 g/mol. The molecule has 1 aliphatic rings. The molecule has 0 spiro atoms. The summed E-state index contributed by atoms with van der Waals surface area (Å²) in [5.74, 6) is -3.85. The zero-order chi connectivity index (χ0) is 22.9. The van der Waals surface area contributed by atoms with E-state index in [9.17, 15) is 19.2 Å². The molecule has 2 aromatic carbocycles. The Hall–Kier alpha value is -4.01. The van der Waals surface area contributed by atoms with Gasteiger partial charge in [-0.2, -0.15) is 5.10 Å². The van der Waals surface area contributed by atoms with E-state index in [0.717, 1.165) is 27.2 Å². The fourth-order valence-corrected chi connectivity index (χ4v) is 3.19. The van der Waals surface area contributed by atoms with Crippen molar-refractivity contribution >= 4 is 40.8 Å². The molecule has 1 aliphatic heterocycles. The number of aryl methyl sites for hydroxylation is 4. The number of urea groups is 1. The van der Waals surface area contributed by atoms with E-state index in [1.807, 2.05) is 39.2 Å². The van der Waals surface area contributed by atoms with Gasteiger partial charge in [0.15, 0.2) is 5.92 Å². The maximum atomic E-state index is 13.1. The van der Waals surface area contributed by atoms with Crippen LogP contribution in [0.5, 0.6) is 0 Å². The van der Waals surface area contributed by atoms with Gasteiger partial charge in [0.05, 0.1) is 5.69 Å². The summed E-state index contributed by atoms with van der Waals surface area (Å²) in [6.45, 7) is 7.57. The molecule has 1 saturated heterocycles. The van der Waals surface area contributed by atoms with Crippen molar-refractivity contribution in [3.05, 3.63) is 58.7 Å². The van der Waals surface area contributed by atoms with Gasteiger partial charge in [0, 0.05) is 5.69 Å². The second-order valence-corrected chi connectivity index (χ2v) is 7.44. The number of imide groups is 1. The van der Waals surface area contributed by atoms with Gasteiger partial charge in [0.2, 0.25) is 5.91 Å². The Kier molecular flexibility index (Phi) is 5.87. The van der Waals surface area contributed by atoms with Crippen LogP contribution in [-0.4, -0.2) is 29.5 Å². The van der Waals surface area contributed by atoms with Gasteiger partial charge in [-0.05, 0) is 74.2 Å². The molecule has 9 nitrogen and oxygen atoms in total. The lowest BCUT2D eigenvalue weighted by atomic mass is 10.0. The summed E-state index contributed by atoms with van der Waals surface area (Å²) in [6, 6.07) is 9.32. The van der Waals surface area contributed by atoms with E-state index in [1.165, 1.54) is 0 Å². The maximum absolute atomic E-state index is 13.1. The number of hydrogen-bond donors (Lipinski definition) is 3. The number of nitrogens with zero attached hydrogens (tertiary/aromatic N) is 2. The number of rotatable bonds is 4. The van der Waals surface area contributed by atoms with Crippen molar-refractivity contribution in [1.29, 1.82) is 0 Å². The van der Waals surface area contributed by atoms with E-state index >= 15 is 0 Å². The molecule has 1 heterocycles. The number of hydrazone groups is 1. The highest BCUT2D eigenvalue weighted by Crippen LogP contribution is 2.28. The summed E-state index contributed by atoms with van der Waals surface area (Å²) in [7, 11) is 0. The molecular weight excluding hydrogens is 398 g/mol. The minimum Gasteiger partial charge on any atom is -0.350 e. The van der Waals surface area contributed by atoms with Crippen molar-refractivity contribution in [2.24, 2.45) is 16.8 Å². The van der Waals surface area contributed by atoms with E-state index in [4.69, 9.17) is 5.73 Å². The number of nitrogens with one attached hydrogen (secondary N) is 2. The van der Waals surface area contributed by atoms with E-state index < -0.39 is 35.4 Å². The molecule has 5 amide bonds. The van der Waals surface area contributed by atoms with Crippen LogP contribution < -0.4 is 21.4 Å². The first-order valence-corrected chi connectivity index (χ1v) is 9.57. The van der Waals surface area contributed by atoms with Crippen molar-refractivity contribution < 1.29 is 19.2 Å². The molecule has 1 atom stereocenters. The van der Waals surface area contributed by atoms with Crippen molar-refractivity contribution in [1.82, 2.24) is 5.43 Å². The number of hydrogen-bond acceptors (Lipinski definition) is 5. The molecule has 31 heavy (non-hydrogen) atoms. The fraction of sp³-hybridized carbons (Fsp3) is 0.227. The number of carbonyl (C=O) groups excluding carboxylic acids is 4. The predicted molar refractivity (Wildman–Crippen MR) is 117 cm³/mol. The normalized spacial score (nSPS) is 17.2. The van der Waals surface area contributed by atoms with Gasteiger partial charge in [-0.1, -0.05) is 12.1 Å². The van der Waals surface area contributed by atoms with E-state index in [2.05, 4.69) is 10.4 Å². The quantitative estimate of drug-likeness (QED) is 0.396. The number of anilines is 2. The Labute approximate surface area is 179 Å². The second kappa shape index (κ2) is 8.39. The minimum absolute atomic E-state index is 0.311. The van der Waals surface area contributed by atoms with Gasteiger partial charge in [-0.25, -0.2) is 15.1 Å². The topological polar surface area (TPSA) is 134 Å². The maximum Gasteiger partial charge on any atom is 0.332 e. The summed E-state index contributed by atoms with van der Waals surface area (Å²) in [6.07, 6.45) is 0. The average Bonchev–Trinajstić information content (AvgIpc) is 2.95. The van der Waals surface area contributed by atoms with Crippen molar-refractivity contribution in [2.45, 2.75) is 27.7 Å². The van der Waals surface area contributed by atoms with Crippen LogP contribution in [0.1, 0.15) is 22.3 Å². The van der Waals surface area contributed by atoms with Crippen LogP contribution in [0.2, 0.25) is 0 Å². The van der Waals surface area contributed by atoms with Crippen LogP contribution >= 0.6 is 0 Å². The molecule has 2 aromatic rings. The highest BCUT2D eigenvalue weighted by molar-refractivity contribution is 6.61. The molecule has 1 fully saturated rings. The van der Waals surface area contributed by atoms with Crippen LogP contribution in [0, 0.1) is 33.6 Å². The van der Waals surface area contributed by atoms with Crippen molar-refractivity contribution in [2.75, 3.05) is 10.2 Å². The lowest BCUT2D eigenvalue weighted by Gasteiger charge is -2.15. The first-order valence-electron chi connectivity index (χ1n) is 9.57. The average molecular weight is 421 g/mol. The molecular formula is C22H23N5O4. The summed E-state index contributed by atoms with van der Waals surface area (Å²) in [5.41, 5.74) is 11.2. The Morgan fingerprint density at radius 3 is 2.13 bits per heavy atom. The molecule has 0 radical (unpaired) electrons. The number of amides is 5. The van der Waals surface area contributed by atoms with Crippen LogP contribution in [0.3, 0.4) is 0 Å². The second-order valence-electron chi connectivity index (χ2n) is 7.44. The highest BCUT2D eigenvalue weighted by atomic mass is 16.2. The van der Waals surface area contributed by atoms with Crippen LogP contribution in [0.25, 0.3) is 0 Å². The van der Waals surface area contributed by atoms with Crippen LogP contribution in [-0.2, 0) is 14.4 Å². The Morgan fingerprint density at radius 2 is 1.55 bits per heavy atom. The van der Waals surface area contributed by atoms with E-state index in [1.54, 1.807) is 30.3 Å². The van der Waals surface area contributed by atoms with Gasteiger partial charge in [0.25, 0.3) is 11.8 Å². The lowest BCUT2D eigenvalue weighted by Crippen LogP contribution is -2.35. The molecule has 0 saturated carbocycles. The van der Waals surface area contributed by atoms with Crippen LogP contribution in [0.15, 0.2) is 41.5 Å². The number of benzene rings is 2. The van der Waals surface area contributed by atoms with Crippen molar-refractivity contribution in [3.8, 4) is 0 Å². The van der Waals surface area contributed by atoms with E-state index in [0.29, 0.717) is 11.4 Å². The molecule has 0 aliphatic carbocycles. The Morgan fingerprint density at radius 1 is 0.935 bits per heavy atom. The molecule has 0 unspecified atom stereocenters. The molecule has 3 rings (SSSR count). The fourth-order valence-electron chi connectivity index (χ4n) is 3.19. The smallest absolute Gasteiger partial charge is 0.332 e. The molecule has 160 valence electrons. The zero-order valence-electron chi connectivity index (χ0n) is 17.6. The molecule has 9 heteroatoms. The largest absolute Gasteiger partial charge is 0.350 e. The number of primary amides is 1. The third-order valence-corrected chi connectivity index (χ3v) is 5.23. The summed E-state index contributed by atoms with van der Waals surface area (Å²) in [4.78, 5) is 51.1. The summed E-state index contributed by atoms with van der Waals surface area (Å²) < 4.78 is 0. The third-order valence-electron chi connectivity index (χ3n) is 5.23. The lowest BCUT2D eigenvalue weighted by molar-refractivity contribution is -0.127. The van der Waals surface area contributed by atoms with Gasteiger partial charge in [-0.15, -0.1) is 0 Å². The minimum atomic E-state index is -1.54. The van der Waals surface area contributed by atoms with Crippen LogP contribution in [0.4, 0.5) is 16.2 Å². The number of carbonyl (C=O) groups is 4. The zero-order valence-corrected chi connectivity index (χ0v) is 17.6. The van der Waals surface area contributed by atoms with Gasteiger partial charge < -0.3 is 11.1 Å². The Balaban J connectivity index is 1.99. The van der Waals surface area contributed by atoms with Gasteiger partial charge in [0.1, 0.15) is 5.71 Å². The van der Waals surface area contributed by atoms with Gasteiger partial charge >= 0.3 is 6.03 Å². The first kappa shape index (κ1) is 21.7. The molecule has 0 bridgehead atoms. The van der Waals surface area contributed by atoms with Crippen molar-refractivity contribution in [3.63, 3.8) is 0 Å². The Bertz CT molecular complexity index is 1140. The van der Waals surface area contributed by atoms with E-state index in [-0.39, 0.29) is 0 Å². The standard InChI is InChI=1S/C22H23N5O4/c1-11-5-7-15(9-13(11)3)24-19(28)17-18(25-26-22(23)31)21(30)27(20(17)29)16-8-6-12(2)14(4)10-16/h5-10,17H,1-4H3,(H,24,28)(H3,23,26,31)/b25-18-/t17-/m1/s1. The third kappa shape index (κ3) is 4.30. The molecule has 0 aromatic heterocycles.